The Kier molecular flexibility index (Phi) is 11.6. The molecule has 2 atom stereocenters. The van der Waals surface area contributed by atoms with Crippen LogP contribution in [0.3, 0.4) is 0 Å². The number of nitrogens with one attached hydrogen (secondary N) is 2. The molecule has 0 aliphatic heterocycles. The van der Waals surface area contributed by atoms with E-state index in [4.69, 9.17) is 9.47 Å². The molecule has 3 N–H and O–H groups in total. The fourth-order valence-corrected chi connectivity index (χ4v) is 2.99. The normalized spacial score (nSPS) is 13.1. The van der Waals surface area contributed by atoms with Gasteiger partial charge >= 0.3 is 0 Å². The van der Waals surface area contributed by atoms with Crippen molar-refractivity contribution in [1.82, 2.24) is 10.6 Å². The van der Waals surface area contributed by atoms with E-state index in [9.17, 15) is 5.11 Å². The highest BCUT2D eigenvalue weighted by atomic mass is 127. The number of halogens is 1. The number of aliphatic hydroxyl groups excluding tert-OH is 1. The zero-order chi connectivity index (χ0) is 21.2. The van der Waals surface area contributed by atoms with Gasteiger partial charge < -0.3 is 25.2 Å². The maximum Gasteiger partial charge on any atom is 0.191 e. The lowest BCUT2D eigenvalue weighted by Gasteiger charge is -2.19. The molecule has 0 aromatic heterocycles. The van der Waals surface area contributed by atoms with E-state index in [1.807, 2.05) is 13.0 Å². The number of rotatable bonds is 9. The van der Waals surface area contributed by atoms with E-state index in [0.717, 1.165) is 18.5 Å². The number of aryl methyl sites for hydroxylation is 1. The Bertz CT molecular complexity index is 797. The van der Waals surface area contributed by atoms with E-state index in [-0.39, 0.29) is 36.6 Å². The third-order valence-corrected chi connectivity index (χ3v) is 4.80. The van der Waals surface area contributed by atoms with Crippen LogP contribution < -0.4 is 20.1 Å². The zero-order valence-corrected chi connectivity index (χ0v) is 20.8. The molecular weight excluding hydrogens is 493 g/mol. The molecule has 2 aromatic rings. The summed E-state index contributed by atoms with van der Waals surface area (Å²) >= 11 is 0. The summed E-state index contributed by atoms with van der Waals surface area (Å²) in [6, 6.07) is 14.1. The quantitative estimate of drug-likeness (QED) is 0.259. The minimum atomic E-state index is -0.746. The number of nitrogens with zero attached hydrogens (tertiary/aromatic N) is 1. The number of aliphatic hydroxyl groups is 1. The van der Waals surface area contributed by atoms with Gasteiger partial charge in [0.1, 0.15) is 0 Å². The summed E-state index contributed by atoms with van der Waals surface area (Å²) in [4.78, 5) is 4.56. The van der Waals surface area contributed by atoms with Crippen molar-refractivity contribution in [1.29, 1.82) is 0 Å². The van der Waals surface area contributed by atoms with E-state index < -0.39 is 6.10 Å². The van der Waals surface area contributed by atoms with Crippen molar-refractivity contribution in [3.8, 4) is 11.5 Å². The number of benzene rings is 2. The lowest BCUT2D eigenvalue weighted by atomic mass is 10.1. The Morgan fingerprint density at radius 1 is 1.00 bits per heavy atom. The first-order chi connectivity index (χ1) is 14.0. The second kappa shape index (κ2) is 13.3. The molecule has 0 fully saturated rings. The van der Waals surface area contributed by atoms with E-state index in [1.165, 1.54) is 11.1 Å². The number of aliphatic imine (C=N–C) groups is 1. The highest BCUT2D eigenvalue weighted by Crippen LogP contribution is 2.30. The third kappa shape index (κ3) is 7.36. The van der Waals surface area contributed by atoms with Crippen LogP contribution in [-0.2, 0) is 6.42 Å². The standard InChI is InChI=1S/C23H33N3O3.HI/c1-6-17-8-10-18(11-9-17)16(3)26-23(24-7-2)25-15-20(27)19-12-13-21(28-4)22(14-19)29-5;/h8-14,16,20,27H,6-7,15H2,1-5H3,(H2,24,25,26);1H. The van der Waals surface area contributed by atoms with Gasteiger partial charge in [-0.2, -0.15) is 0 Å². The predicted octanol–water partition coefficient (Wildman–Crippen LogP) is 4.23. The molecule has 0 saturated heterocycles. The maximum atomic E-state index is 10.6. The van der Waals surface area contributed by atoms with E-state index in [2.05, 4.69) is 53.7 Å². The third-order valence-electron chi connectivity index (χ3n) is 4.80. The number of hydrogen-bond donors (Lipinski definition) is 3. The molecule has 0 saturated carbocycles. The van der Waals surface area contributed by atoms with Crippen molar-refractivity contribution in [3.05, 3.63) is 59.2 Å². The SMILES string of the molecule is CCNC(=NCC(O)c1ccc(OC)c(OC)c1)NC(C)c1ccc(CC)cc1.I. The lowest BCUT2D eigenvalue weighted by molar-refractivity contribution is 0.186. The molecule has 0 spiro atoms. The van der Waals surface area contributed by atoms with Crippen molar-refractivity contribution in [2.24, 2.45) is 4.99 Å². The smallest absolute Gasteiger partial charge is 0.191 e. The second-order valence-electron chi connectivity index (χ2n) is 6.81. The second-order valence-corrected chi connectivity index (χ2v) is 6.81. The topological polar surface area (TPSA) is 75.1 Å². The molecule has 0 radical (unpaired) electrons. The van der Waals surface area contributed by atoms with Gasteiger partial charge in [-0.3, -0.25) is 4.99 Å². The molecule has 6 nitrogen and oxygen atoms in total. The summed E-state index contributed by atoms with van der Waals surface area (Å²) in [6.45, 7) is 7.23. The highest BCUT2D eigenvalue weighted by molar-refractivity contribution is 14.0. The molecule has 2 aromatic carbocycles. The van der Waals surface area contributed by atoms with Gasteiger partial charge in [-0.1, -0.05) is 37.3 Å². The Balaban J connectivity index is 0.00000450. The molecule has 2 rings (SSSR count). The van der Waals surface area contributed by atoms with E-state index in [0.29, 0.717) is 17.5 Å². The largest absolute Gasteiger partial charge is 0.493 e. The maximum absolute atomic E-state index is 10.6. The van der Waals surface area contributed by atoms with Gasteiger partial charge in [0.25, 0.3) is 0 Å². The summed E-state index contributed by atoms with van der Waals surface area (Å²) in [5.74, 6) is 1.88. The van der Waals surface area contributed by atoms with Crippen molar-refractivity contribution in [3.63, 3.8) is 0 Å². The zero-order valence-electron chi connectivity index (χ0n) is 18.4. The van der Waals surface area contributed by atoms with Crippen molar-refractivity contribution < 1.29 is 14.6 Å². The first-order valence-electron chi connectivity index (χ1n) is 10.1. The van der Waals surface area contributed by atoms with E-state index >= 15 is 0 Å². The summed E-state index contributed by atoms with van der Waals surface area (Å²) in [6.07, 6.45) is 0.282. The monoisotopic (exact) mass is 527 g/mol. The van der Waals surface area contributed by atoms with E-state index in [1.54, 1.807) is 26.4 Å². The first-order valence-corrected chi connectivity index (χ1v) is 10.1. The summed E-state index contributed by atoms with van der Waals surface area (Å²) < 4.78 is 10.6. The van der Waals surface area contributed by atoms with Crippen LogP contribution >= 0.6 is 24.0 Å². The van der Waals surface area contributed by atoms with Crippen molar-refractivity contribution in [2.75, 3.05) is 27.3 Å². The lowest BCUT2D eigenvalue weighted by Crippen LogP contribution is -2.39. The first kappa shape index (κ1) is 26.0. The molecule has 0 aliphatic carbocycles. The van der Waals surface area contributed by atoms with Gasteiger partial charge in [0.2, 0.25) is 0 Å². The number of ether oxygens (including phenoxy) is 2. The molecule has 0 bridgehead atoms. The van der Waals surface area contributed by atoms with Crippen LogP contribution in [0.5, 0.6) is 11.5 Å². The number of guanidine groups is 1. The molecule has 30 heavy (non-hydrogen) atoms. The predicted molar refractivity (Wildman–Crippen MR) is 133 cm³/mol. The van der Waals surface area contributed by atoms with Crippen LogP contribution in [0.2, 0.25) is 0 Å². The van der Waals surface area contributed by atoms with Crippen LogP contribution in [-0.4, -0.2) is 38.4 Å². The van der Waals surface area contributed by atoms with Crippen molar-refractivity contribution in [2.45, 2.75) is 39.3 Å². The molecule has 2 unspecified atom stereocenters. The summed E-state index contributed by atoms with van der Waals surface area (Å²) in [7, 11) is 3.16. The van der Waals surface area contributed by atoms with Gasteiger partial charge in [-0.05, 0) is 49.1 Å². The molecule has 166 valence electrons. The van der Waals surface area contributed by atoms with Gasteiger partial charge in [-0.15, -0.1) is 24.0 Å². The average molecular weight is 527 g/mol. The minimum Gasteiger partial charge on any atom is -0.493 e. The minimum absolute atomic E-state index is 0. The number of methoxy groups -OCH3 is 2. The fourth-order valence-electron chi connectivity index (χ4n) is 2.99. The van der Waals surface area contributed by atoms with Gasteiger partial charge in [0.05, 0.1) is 32.9 Å². The Morgan fingerprint density at radius 2 is 1.63 bits per heavy atom. The Hall–Kier alpha value is -2.00. The van der Waals surface area contributed by atoms with Crippen molar-refractivity contribution >= 4 is 29.9 Å². The van der Waals surface area contributed by atoms with Crippen LogP contribution in [0.15, 0.2) is 47.5 Å². The van der Waals surface area contributed by atoms with Gasteiger partial charge in [-0.25, -0.2) is 0 Å². The summed E-state index contributed by atoms with van der Waals surface area (Å²) in [5.41, 5.74) is 3.23. The number of hydrogen-bond acceptors (Lipinski definition) is 4. The molecule has 0 heterocycles. The molecular formula is C23H34IN3O3. The molecule has 0 amide bonds. The summed E-state index contributed by atoms with van der Waals surface area (Å²) in [5, 5.41) is 17.2. The van der Waals surface area contributed by atoms with Crippen LogP contribution in [0, 0.1) is 0 Å². The highest BCUT2D eigenvalue weighted by Gasteiger charge is 2.13. The average Bonchev–Trinajstić information content (AvgIpc) is 2.76. The molecule has 7 heteroatoms. The molecule has 0 aliphatic rings. The van der Waals surface area contributed by atoms with Gasteiger partial charge in [0, 0.05) is 6.54 Å². The Labute approximate surface area is 197 Å². The van der Waals surface area contributed by atoms with Gasteiger partial charge in [0.15, 0.2) is 17.5 Å². The fraction of sp³-hybridized carbons (Fsp3) is 0.435. The van der Waals surface area contributed by atoms with Crippen LogP contribution in [0.4, 0.5) is 0 Å². The van der Waals surface area contributed by atoms with Crippen LogP contribution in [0.1, 0.15) is 49.6 Å². The Morgan fingerprint density at radius 3 is 2.20 bits per heavy atom. The van der Waals surface area contributed by atoms with Crippen LogP contribution in [0.25, 0.3) is 0 Å².